The van der Waals surface area contributed by atoms with Crippen molar-refractivity contribution in [3.8, 4) is 0 Å². The Kier molecular flexibility index (Phi) is 4.21. The molecule has 1 aliphatic carbocycles. The maximum absolute atomic E-state index is 12.9. The van der Waals surface area contributed by atoms with Crippen molar-refractivity contribution in [2.45, 2.75) is 48.5 Å². The van der Waals surface area contributed by atoms with E-state index in [2.05, 4.69) is 54.5 Å². The van der Waals surface area contributed by atoms with E-state index in [1.54, 1.807) is 0 Å². The highest BCUT2D eigenvalue weighted by Crippen LogP contribution is 2.56. The molecule has 0 N–H and O–H groups in total. The number of allylic oxidation sites excluding steroid dienone is 4. The molecule has 0 bridgehead atoms. The molecule has 22 heavy (non-hydrogen) atoms. The first-order chi connectivity index (χ1) is 10.1. The van der Waals surface area contributed by atoms with Gasteiger partial charge < -0.3 is 0 Å². The molecule has 1 aliphatic rings. The van der Waals surface area contributed by atoms with Crippen LogP contribution in [0.25, 0.3) is 0 Å². The highest BCUT2D eigenvalue weighted by molar-refractivity contribution is 5.99. The number of hydrogen-bond donors (Lipinski definition) is 0. The number of carbonyl (C=O) groups is 1. The molecule has 0 aliphatic heterocycles. The van der Waals surface area contributed by atoms with Crippen molar-refractivity contribution in [1.82, 2.24) is 0 Å². The van der Waals surface area contributed by atoms with Gasteiger partial charge >= 0.3 is 0 Å². The molecule has 118 valence electrons. The molecule has 0 heterocycles. The highest BCUT2D eigenvalue weighted by atomic mass is 16.1. The van der Waals surface area contributed by atoms with E-state index in [0.717, 1.165) is 5.56 Å². The second-order valence-electron chi connectivity index (χ2n) is 7.75. The maximum atomic E-state index is 12.9. The zero-order valence-electron chi connectivity index (χ0n) is 14.9. The molecule has 0 fully saturated rings. The van der Waals surface area contributed by atoms with Gasteiger partial charge in [0.1, 0.15) is 0 Å². The van der Waals surface area contributed by atoms with Gasteiger partial charge in [0.25, 0.3) is 0 Å². The molecule has 0 saturated carbocycles. The molecule has 2 unspecified atom stereocenters. The number of Topliss-reactive ketones (excluding diaryl/α,β-unsaturated/α-hetero) is 1. The van der Waals surface area contributed by atoms with Crippen LogP contribution in [0, 0.1) is 16.7 Å². The van der Waals surface area contributed by atoms with E-state index in [4.69, 9.17) is 0 Å². The summed E-state index contributed by atoms with van der Waals surface area (Å²) in [6.07, 6.45) is 2.26. The van der Waals surface area contributed by atoms with E-state index < -0.39 is 0 Å². The van der Waals surface area contributed by atoms with Crippen LogP contribution in [-0.2, 0) is 0 Å². The molecule has 0 aromatic heterocycles. The number of carbonyl (C=O) groups excluding carboxylic acids is 1. The van der Waals surface area contributed by atoms with Crippen molar-refractivity contribution in [3.05, 3.63) is 58.7 Å². The third-order valence-corrected chi connectivity index (χ3v) is 5.57. The lowest BCUT2D eigenvalue weighted by Gasteiger charge is -2.45. The Morgan fingerprint density at radius 2 is 1.64 bits per heavy atom. The topological polar surface area (TPSA) is 17.1 Å². The van der Waals surface area contributed by atoms with Gasteiger partial charge in [-0.15, -0.1) is 0 Å². The molecule has 0 amide bonds. The van der Waals surface area contributed by atoms with Crippen LogP contribution in [0.1, 0.15) is 58.8 Å². The van der Waals surface area contributed by atoms with E-state index in [0.29, 0.717) is 0 Å². The smallest absolute Gasteiger partial charge is 0.169 e. The number of ketones is 1. The van der Waals surface area contributed by atoms with Gasteiger partial charge in [-0.1, -0.05) is 82.2 Å². The Balaban J connectivity index is 2.47. The van der Waals surface area contributed by atoms with Crippen LogP contribution < -0.4 is 0 Å². The second kappa shape index (κ2) is 5.53. The third-order valence-electron chi connectivity index (χ3n) is 5.57. The van der Waals surface area contributed by atoms with Gasteiger partial charge in [-0.2, -0.15) is 0 Å². The Labute approximate surface area is 135 Å². The lowest BCUT2D eigenvalue weighted by atomic mass is 9.59. The van der Waals surface area contributed by atoms with Crippen LogP contribution in [0.2, 0.25) is 0 Å². The summed E-state index contributed by atoms with van der Waals surface area (Å²) in [7, 11) is 0. The van der Waals surface area contributed by atoms with Gasteiger partial charge in [0.2, 0.25) is 0 Å². The Morgan fingerprint density at radius 3 is 2.14 bits per heavy atom. The largest absolute Gasteiger partial charge is 0.294 e. The summed E-state index contributed by atoms with van der Waals surface area (Å²) in [5, 5.41) is 0. The van der Waals surface area contributed by atoms with Crippen LogP contribution in [0.4, 0.5) is 0 Å². The first kappa shape index (κ1) is 16.7. The zero-order chi connectivity index (χ0) is 16.7. The van der Waals surface area contributed by atoms with Gasteiger partial charge in [0.15, 0.2) is 5.78 Å². The van der Waals surface area contributed by atoms with Crippen LogP contribution in [0.3, 0.4) is 0 Å². The van der Waals surface area contributed by atoms with Gasteiger partial charge in [-0.05, 0) is 24.8 Å². The minimum absolute atomic E-state index is 0.0685. The van der Waals surface area contributed by atoms with E-state index in [1.165, 1.54) is 16.7 Å². The average molecular weight is 296 g/mol. The number of rotatable bonds is 3. The molecule has 0 spiro atoms. The molecular formula is C21H28O. The van der Waals surface area contributed by atoms with Crippen molar-refractivity contribution < 1.29 is 4.79 Å². The lowest BCUT2D eigenvalue weighted by molar-refractivity contribution is 0.0919. The summed E-state index contributed by atoms with van der Waals surface area (Å²) in [4.78, 5) is 12.9. The second-order valence-corrected chi connectivity index (χ2v) is 7.75. The SMILES string of the molecule is CC1=CC(C)=C(C(C)C(=O)c2ccccc2)C1(C)C(C)(C)C. The van der Waals surface area contributed by atoms with Gasteiger partial charge in [0.05, 0.1) is 0 Å². The molecule has 2 rings (SSSR count). The highest BCUT2D eigenvalue weighted by Gasteiger charge is 2.47. The molecule has 1 aromatic carbocycles. The van der Waals surface area contributed by atoms with Crippen molar-refractivity contribution in [2.24, 2.45) is 16.7 Å². The van der Waals surface area contributed by atoms with Crippen LogP contribution >= 0.6 is 0 Å². The zero-order valence-corrected chi connectivity index (χ0v) is 14.9. The average Bonchev–Trinajstić information content (AvgIpc) is 2.69. The van der Waals surface area contributed by atoms with Gasteiger partial charge in [0, 0.05) is 16.9 Å². The Bertz CT molecular complexity index is 640. The third kappa shape index (κ3) is 2.47. The van der Waals surface area contributed by atoms with E-state index in [-0.39, 0.29) is 22.5 Å². The van der Waals surface area contributed by atoms with Crippen LogP contribution in [0.5, 0.6) is 0 Å². The van der Waals surface area contributed by atoms with Crippen LogP contribution in [-0.4, -0.2) is 5.78 Å². The monoisotopic (exact) mass is 296 g/mol. The standard InChI is InChI=1S/C21H28O/c1-14-13-15(2)21(7,20(4,5)6)18(14)16(3)19(22)17-11-9-8-10-12-17/h8-13,16H,1-7H3. The molecule has 1 aromatic rings. The maximum Gasteiger partial charge on any atom is 0.169 e. The molecule has 0 radical (unpaired) electrons. The summed E-state index contributed by atoms with van der Waals surface area (Å²) in [5.74, 6) is 0.119. The lowest BCUT2D eigenvalue weighted by Crippen LogP contribution is -2.38. The fourth-order valence-corrected chi connectivity index (χ4v) is 3.91. The quantitative estimate of drug-likeness (QED) is 0.641. The number of benzene rings is 1. The Morgan fingerprint density at radius 1 is 1.09 bits per heavy atom. The molecule has 2 atom stereocenters. The fraction of sp³-hybridized carbons (Fsp3) is 0.476. The first-order valence-electron chi connectivity index (χ1n) is 8.10. The van der Waals surface area contributed by atoms with Gasteiger partial charge in [-0.3, -0.25) is 4.79 Å². The van der Waals surface area contributed by atoms with Crippen molar-refractivity contribution in [3.63, 3.8) is 0 Å². The predicted octanol–water partition coefficient (Wildman–Crippen LogP) is 5.83. The normalized spacial score (nSPS) is 23.5. The Hall–Kier alpha value is -1.63. The summed E-state index contributed by atoms with van der Waals surface area (Å²) >= 11 is 0. The minimum atomic E-state index is -0.0969. The summed E-state index contributed by atoms with van der Waals surface area (Å²) < 4.78 is 0. The molecule has 1 nitrogen and oxygen atoms in total. The molecule has 1 heteroatoms. The fourth-order valence-electron chi connectivity index (χ4n) is 3.91. The molecule has 0 saturated heterocycles. The summed E-state index contributed by atoms with van der Waals surface area (Å²) in [6.45, 7) is 15.5. The van der Waals surface area contributed by atoms with Gasteiger partial charge in [-0.25, -0.2) is 0 Å². The predicted molar refractivity (Wildman–Crippen MR) is 94.0 cm³/mol. The van der Waals surface area contributed by atoms with Crippen molar-refractivity contribution >= 4 is 5.78 Å². The molecular weight excluding hydrogens is 268 g/mol. The van der Waals surface area contributed by atoms with E-state index in [9.17, 15) is 4.79 Å². The summed E-state index contributed by atoms with van der Waals surface area (Å²) in [5.41, 5.74) is 4.71. The van der Waals surface area contributed by atoms with E-state index >= 15 is 0 Å². The minimum Gasteiger partial charge on any atom is -0.294 e. The van der Waals surface area contributed by atoms with Crippen molar-refractivity contribution in [1.29, 1.82) is 0 Å². The summed E-state index contributed by atoms with van der Waals surface area (Å²) in [6, 6.07) is 9.65. The van der Waals surface area contributed by atoms with E-state index in [1.807, 2.05) is 30.3 Å². The van der Waals surface area contributed by atoms with Crippen LogP contribution in [0.15, 0.2) is 53.1 Å². The van der Waals surface area contributed by atoms with Crippen molar-refractivity contribution in [2.75, 3.05) is 0 Å². The first-order valence-corrected chi connectivity index (χ1v) is 8.10. The number of hydrogen-bond acceptors (Lipinski definition) is 1.